The third kappa shape index (κ3) is 3.92. The second-order valence-corrected chi connectivity index (χ2v) is 7.73. The zero-order chi connectivity index (χ0) is 21.3. The number of aromatic nitrogens is 4. The first-order chi connectivity index (χ1) is 14.4. The smallest absolute Gasteiger partial charge is 0.275 e. The summed E-state index contributed by atoms with van der Waals surface area (Å²) in [5, 5.41) is 9.22. The van der Waals surface area contributed by atoms with Crippen LogP contribution >= 0.6 is 0 Å². The number of aryl methyl sites for hydroxylation is 2. The number of carbonyl (C=O) groups is 2. The maximum atomic E-state index is 13.3. The fraction of sp³-hybridized carbons (Fsp3) is 0.476. The second-order valence-electron chi connectivity index (χ2n) is 7.73. The highest BCUT2D eigenvalue weighted by Gasteiger charge is 2.31. The van der Waals surface area contributed by atoms with Crippen molar-refractivity contribution in [1.82, 2.24) is 29.7 Å². The minimum Gasteiger partial charge on any atom is -0.340 e. The van der Waals surface area contributed by atoms with Crippen LogP contribution in [0.2, 0.25) is 0 Å². The van der Waals surface area contributed by atoms with Gasteiger partial charge in [0, 0.05) is 58.4 Å². The first kappa shape index (κ1) is 20.1. The zero-order valence-corrected chi connectivity index (χ0v) is 17.5. The highest BCUT2D eigenvalue weighted by atomic mass is 16.5. The Morgan fingerprint density at radius 2 is 2.10 bits per heavy atom. The summed E-state index contributed by atoms with van der Waals surface area (Å²) in [6.45, 7) is 4.96. The third-order valence-electron chi connectivity index (χ3n) is 5.64. The van der Waals surface area contributed by atoms with Gasteiger partial charge in [0.15, 0.2) is 11.5 Å². The molecule has 0 bridgehead atoms. The van der Waals surface area contributed by atoms with Gasteiger partial charge in [-0.05, 0) is 18.9 Å². The summed E-state index contributed by atoms with van der Waals surface area (Å²) in [4.78, 5) is 33.4. The molecule has 0 saturated carbocycles. The fourth-order valence-electron chi connectivity index (χ4n) is 4.18. The number of piperidine rings is 1. The molecule has 2 amide bonds. The van der Waals surface area contributed by atoms with Gasteiger partial charge in [0.1, 0.15) is 0 Å². The molecule has 1 aliphatic rings. The molecule has 158 valence electrons. The van der Waals surface area contributed by atoms with Crippen molar-refractivity contribution in [3.05, 3.63) is 41.7 Å². The molecule has 1 fully saturated rings. The van der Waals surface area contributed by atoms with Crippen molar-refractivity contribution >= 4 is 22.7 Å². The van der Waals surface area contributed by atoms with Gasteiger partial charge >= 0.3 is 0 Å². The lowest BCUT2D eigenvalue weighted by Crippen LogP contribution is -2.51. The summed E-state index contributed by atoms with van der Waals surface area (Å²) in [5.41, 5.74) is 1.39. The standard InChI is InChI=1S/C21H26N6O3/c1-14-22-19(24-30-14)10-12-27(15(2)28)16-7-6-11-26(13-16)21(29)20-17-8-4-5-9-18(17)25(3)23-20/h4-5,8-9,16H,6-7,10-13H2,1-3H3. The van der Waals surface area contributed by atoms with Crippen LogP contribution in [0.25, 0.3) is 10.9 Å². The van der Waals surface area contributed by atoms with Gasteiger partial charge in [-0.25, -0.2) is 0 Å². The van der Waals surface area contributed by atoms with E-state index in [0.29, 0.717) is 43.5 Å². The molecule has 2 aromatic heterocycles. The molecule has 1 aromatic carbocycles. The monoisotopic (exact) mass is 410 g/mol. The minimum atomic E-state index is -0.0891. The SMILES string of the molecule is CC(=O)N(CCc1noc(C)n1)C1CCCN(C(=O)c2nn(C)c3ccccc23)C1. The van der Waals surface area contributed by atoms with E-state index in [-0.39, 0.29) is 17.9 Å². The van der Waals surface area contributed by atoms with Gasteiger partial charge in [0.2, 0.25) is 11.8 Å². The molecule has 0 N–H and O–H groups in total. The van der Waals surface area contributed by atoms with E-state index in [0.717, 1.165) is 23.7 Å². The van der Waals surface area contributed by atoms with Gasteiger partial charge < -0.3 is 14.3 Å². The largest absolute Gasteiger partial charge is 0.340 e. The molecule has 3 aromatic rings. The van der Waals surface area contributed by atoms with Crippen LogP contribution in [0.5, 0.6) is 0 Å². The molecule has 1 atom stereocenters. The van der Waals surface area contributed by atoms with Crippen molar-refractivity contribution in [3.8, 4) is 0 Å². The summed E-state index contributed by atoms with van der Waals surface area (Å²) < 4.78 is 6.75. The van der Waals surface area contributed by atoms with E-state index in [1.54, 1.807) is 18.5 Å². The molecule has 9 nitrogen and oxygen atoms in total. The van der Waals surface area contributed by atoms with Crippen molar-refractivity contribution in [2.75, 3.05) is 19.6 Å². The Morgan fingerprint density at radius 3 is 2.83 bits per heavy atom. The third-order valence-corrected chi connectivity index (χ3v) is 5.64. The Morgan fingerprint density at radius 1 is 1.30 bits per heavy atom. The normalized spacial score (nSPS) is 16.8. The Balaban J connectivity index is 1.49. The zero-order valence-electron chi connectivity index (χ0n) is 17.5. The van der Waals surface area contributed by atoms with E-state index >= 15 is 0 Å². The number of hydrogen-bond donors (Lipinski definition) is 0. The average Bonchev–Trinajstić information content (AvgIpc) is 3.31. The predicted molar refractivity (Wildman–Crippen MR) is 110 cm³/mol. The van der Waals surface area contributed by atoms with E-state index in [9.17, 15) is 9.59 Å². The number of nitrogens with zero attached hydrogens (tertiary/aromatic N) is 6. The number of carbonyl (C=O) groups excluding carboxylic acids is 2. The fourth-order valence-corrected chi connectivity index (χ4v) is 4.18. The quantitative estimate of drug-likeness (QED) is 0.638. The molecule has 0 aliphatic carbocycles. The van der Waals surface area contributed by atoms with Crippen molar-refractivity contribution in [2.45, 2.75) is 39.2 Å². The van der Waals surface area contributed by atoms with Crippen LogP contribution in [-0.2, 0) is 18.3 Å². The number of benzene rings is 1. The first-order valence-corrected chi connectivity index (χ1v) is 10.2. The number of rotatable bonds is 5. The summed E-state index contributed by atoms with van der Waals surface area (Å²) in [6.07, 6.45) is 2.22. The summed E-state index contributed by atoms with van der Waals surface area (Å²) in [5.74, 6) is 0.991. The van der Waals surface area contributed by atoms with Gasteiger partial charge in [-0.2, -0.15) is 10.1 Å². The Kier molecular flexibility index (Phi) is 5.52. The van der Waals surface area contributed by atoms with Gasteiger partial charge in [0.05, 0.1) is 5.52 Å². The number of para-hydroxylation sites is 1. The van der Waals surface area contributed by atoms with Crippen LogP contribution in [0.3, 0.4) is 0 Å². The van der Waals surface area contributed by atoms with E-state index in [1.807, 2.05) is 41.1 Å². The molecule has 3 heterocycles. The number of likely N-dealkylation sites (tertiary alicyclic amines) is 1. The first-order valence-electron chi connectivity index (χ1n) is 10.2. The highest BCUT2D eigenvalue weighted by Crippen LogP contribution is 2.23. The average molecular weight is 410 g/mol. The van der Waals surface area contributed by atoms with E-state index in [2.05, 4.69) is 15.2 Å². The minimum absolute atomic E-state index is 0.0159. The lowest BCUT2D eigenvalue weighted by atomic mass is 10.0. The van der Waals surface area contributed by atoms with Crippen molar-refractivity contribution in [1.29, 1.82) is 0 Å². The topological polar surface area (TPSA) is 97.4 Å². The summed E-state index contributed by atoms with van der Waals surface area (Å²) >= 11 is 0. The maximum Gasteiger partial charge on any atom is 0.275 e. The summed E-state index contributed by atoms with van der Waals surface area (Å²) in [7, 11) is 1.84. The molecule has 9 heteroatoms. The number of hydrogen-bond acceptors (Lipinski definition) is 6. The molecule has 0 spiro atoms. The van der Waals surface area contributed by atoms with Gasteiger partial charge in [-0.3, -0.25) is 14.3 Å². The summed E-state index contributed by atoms with van der Waals surface area (Å²) in [6, 6.07) is 7.69. The van der Waals surface area contributed by atoms with E-state index < -0.39 is 0 Å². The van der Waals surface area contributed by atoms with E-state index in [4.69, 9.17) is 4.52 Å². The van der Waals surface area contributed by atoms with Gasteiger partial charge in [-0.1, -0.05) is 23.4 Å². The molecule has 1 aliphatic heterocycles. The Bertz CT molecular complexity index is 1070. The maximum absolute atomic E-state index is 13.3. The Hall–Kier alpha value is -3.23. The van der Waals surface area contributed by atoms with Crippen LogP contribution in [-0.4, -0.2) is 67.2 Å². The van der Waals surface area contributed by atoms with Crippen LogP contribution in [0, 0.1) is 6.92 Å². The second kappa shape index (κ2) is 8.25. The number of fused-ring (bicyclic) bond motifs is 1. The molecular formula is C21H26N6O3. The molecular weight excluding hydrogens is 384 g/mol. The van der Waals surface area contributed by atoms with Crippen molar-refractivity contribution < 1.29 is 14.1 Å². The van der Waals surface area contributed by atoms with Crippen molar-refractivity contribution in [2.24, 2.45) is 7.05 Å². The van der Waals surface area contributed by atoms with Gasteiger partial charge in [-0.15, -0.1) is 0 Å². The van der Waals surface area contributed by atoms with Gasteiger partial charge in [0.25, 0.3) is 5.91 Å². The predicted octanol–water partition coefficient (Wildman–Crippen LogP) is 1.96. The Labute approximate surface area is 174 Å². The highest BCUT2D eigenvalue weighted by molar-refractivity contribution is 6.04. The van der Waals surface area contributed by atoms with Crippen molar-refractivity contribution in [3.63, 3.8) is 0 Å². The molecule has 4 rings (SSSR count). The molecule has 1 saturated heterocycles. The molecule has 0 radical (unpaired) electrons. The van der Waals surface area contributed by atoms with E-state index in [1.165, 1.54) is 0 Å². The van der Waals surface area contributed by atoms with Crippen LogP contribution < -0.4 is 0 Å². The van der Waals surface area contributed by atoms with Crippen LogP contribution in [0.15, 0.2) is 28.8 Å². The molecule has 30 heavy (non-hydrogen) atoms. The lowest BCUT2D eigenvalue weighted by molar-refractivity contribution is -0.132. The van der Waals surface area contributed by atoms with Crippen LogP contribution in [0.4, 0.5) is 0 Å². The van der Waals surface area contributed by atoms with Crippen LogP contribution in [0.1, 0.15) is 42.0 Å². The lowest BCUT2D eigenvalue weighted by Gasteiger charge is -2.38. The number of amides is 2. The molecule has 1 unspecified atom stereocenters.